The third kappa shape index (κ3) is 3.17. The minimum atomic E-state index is -4.48. The molecule has 3 rings (SSSR count). The Balaban J connectivity index is 2.10. The van der Waals surface area contributed by atoms with Crippen LogP contribution in [0.5, 0.6) is 0 Å². The summed E-state index contributed by atoms with van der Waals surface area (Å²) >= 11 is 5.73. The maximum atomic E-state index is 13.1. The van der Waals surface area contributed by atoms with Gasteiger partial charge in [0.05, 0.1) is 5.56 Å². The second kappa shape index (κ2) is 6.32. The van der Waals surface area contributed by atoms with Crippen molar-refractivity contribution in [3.05, 3.63) is 64.7 Å². The number of anilines is 1. The number of halogens is 4. The standard InChI is InChI=1S/C18H13ClF3NO/c19-8-7-11-5-6-16-13(9-11)14(17(24)23-16)10-12-3-1-2-4-15(12)18(20,21)22/h1-6,9-10H,7-8H2,(H,23,24). The van der Waals surface area contributed by atoms with Gasteiger partial charge in [-0.3, -0.25) is 4.79 Å². The van der Waals surface area contributed by atoms with E-state index in [2.05, 4.69) is 5.32 Å². The lowest BCUT2D eigenvalue weighted by Gasteiger charge is -2.10. The lowest BCUT2D eigenvalue weighted by Crippen LogP contribution is -2.08. The van der Waals surface area contributed by atoms with Crippen LogP contribution in [-0.4, -0.2) is 11.8 Å². The van der Waals surface area contributed by atoms with E-state index < -0.39 is 17.6 Å². The number of aryl methyl sites for hydroxylation is 1. The maximum Gasteiger partial charge on any atom is 0.416 e. The van der Waals surface area contributed by atoms with Gasteiger partial charge in [0.15, 0.2) is 0 Å². The SMILES string of the molecule is O=C1Nc2ccc(CCCl)cc2C1=Cc1ccccc1C(F)(F)F. The minimum Gasteiger partial charge on any atom is -0.321 e. The fourth-order valence-corrected chi connectivity index (χ4v) is 2.90. The highest BCUT2D eigenvalue weighted by molar-refractivity contribution is 6.35. The molecule has 2 aromatic rings. The molecule has 0 fully saturated rings. The molecule has 1 amide bonds. The van der Waals surface area contributed by atoms with E-state index in [9.17, 15) is 18.0 Å². The van der Waals surface area contributed by atoms with E-state index in [1.54, 1.807) is 12.1 Å². The molecule has 0 aromatic heterocycles. The summed E-state index contributed by atoms with van der Waals surface area (Å²) in [5.41, 5.74) is 1.53. The van der Waals surface area contributed by atoms with Gasteiger partial charge in [0.25, 0.3) is 5.91 Å². The molecule has 0 saturated heterocycles. The van der Waals surface area contributed by atoms with E-state index in [0.717, 1.165) is 11.6 Å². The third-order valence-electron chi connectivity index (χ3n) is 3.82. The van der Waals surface area contributed by atoms with Crippen molar-refractivity contribution < 1.29 is 18.0 Å². The van der Waals surface area contributed by atoms with Gasteiger partial charge in [0.1, 0.15) is 0 Å². The molecule has 0 radical (unpaired) electrons. The first-order chi connectivity index (χ1) is 11.4. The molecular formula is C18H13ClF3NO. The van der Waals surface area contributed by atoms with Crippen molar-refractivity contribution in [1.29, 1.82) is 0 Å². The Hall–Kier alpha value is -2.27. The number of amides is 1. The summed E-state index contributed by atoms with van der Waals surface area (Å²) in [6.07, 6.45) is -2.57. The summed E-state index contributed by atoms with van der Waals surface area (Å²) in [4.78, 5) is 12.2. The number of carbonyl (C=O) groups excluding carboxylic acids is 1. The van der Waals surface area contributed by atoms with E-state index in [0.29, 0.717) is 23.6 Å². The van der Waals surface area contributed by atoms with Crippen LogP contribution < -0.4 is 5.32 Å². The van der Waals surface area contributed by atoms with E-state index in [1.807, 2.05) is 6.07 Å². The Morgan fingerprint density at radius 1 is 1.12 bits per heavy atom. The number of fused-ring (bicyclic) bond motifs is 1. The van der Waals surface area contributed by atoms with Crippen molar-refractivity contribution in [3.8, 4) is 0 Å². The van der Waals surface area contributed by atoms with Crippen molar-refractivity contribution in [1.82, 2.24) is 0 Å². The summed E-state index contributed by atoms with van der Waals surface area (Å²) in [5.74, 6) is 0.0147. The number of benzene rings is 2. The van der Waals surface area contributed by atoms with E-state index in [1.165, 1.54) is 24.3 Å². The number of hydrogen-bond donors (Lipinski definition) is 1. The van der Waals surface area contributed by atoms with E-state index >= 15 is 0 Å². The molecule has 0 spiro atoms. The van der Waals surface area contributed by atoms with Crippen molar-refractivity contribution in [2.75, 3.05) is 11.2 Å². The lowest BCUT2D eigenvalue weighted by molar-refractivity contribution is -0.137. The summed E-state index contributed by atoms with van der Waals surface area (Å²) < 4.78 is 39.4. The quantitative estimate of drug-likeness (QED) is 0.613. The minimum absolute atomic E-state index is 0.0363. The average molecular weight is 352 g/mol. The van der Waals surface area contributed by atoms with Gasteiger partial charge in [-0.1, -0.05) is 24.3 Å². The highest BCUT2D eigenvalue weighted by Crippen LogP contribution is 2.37. The number of carbonyl (C=O) groups is 1. The first-order valence-electron chi connectivity index (χ1n) is 7.28. The molecular weight excluding hydrogens is 339 g/mol. The maximum absolute atomic E-state index is 13.1. The van der Waals surface area contributed by atoms with Gasteiger partial charge in [0, 0.05) is 22.7 Å². The van der Waals surface area contributed by atoms with Crippen molar-refractivity contribution >= 4 is 34.8 Å². The van der Waals surface area contributed by atoms with Crippen LogP contribution in [0.25, 0.3) is 11.6 Å². The highest BCUT2D eigenvalue weighted by Gasteiger charge is 2.33. The lowest BCUT2D eigenvalue weighted by atomic mass is 9.98. The smallest absolute Gasteiger partial charge is 0.321 e. The molecule has 1 heterocycles. The van der Waals surface area contributed by atoms with Gasteiger partial charge < -0.3 is 5.32 Å². The predicted octanol–water partition coefficient (Wildman–Crippen LogP) is 4.98. The van der Waals surface area contributed by atoms with Crippen LogP contribution in [-0.2, 0) is 17.4 Å². The van der Waals surface area contributed by atoms with Crippen LogP contribution in [0.4, 0.5) is 18.9 Å². The monoisotopic (exact) mass is 351 g/mol. The van der Waals surface area contributed by atoms with Gasteiger partial charge in [-0.2, -0.15) is 13.2 Å². The van der Waals surface area contributed by atoms with Crippen LogP contribution >= 0.6 is 11.6 Å². The second-order valence-electron chi connectivity index (χ2n) is 5.42. The van der Waals surface area contributed by atoms with E-state index in [4.69, 9.17) is 11.6 Å². The zero-order valence-electron chi connectivity index (χ0n) is 12.5. The summed E-state index contributed by atoms with van der Waals surface area (Å²) in [5, 5.41) is 2.67. The zero-order valence-corrected chi connectivity index (χ0v) is 13.2. The fourth-order valence-electron chi connectivity index (χ4n) is 2.68. The highest BCUT2D eigenvalue weighted by atomic mass is 35.5. The zero-order chi connectivity index (χ0) is 17.3. The molecule has 1 aliphatic rings. The molecule has 0 unspecified atom stereocenters. The molecule has 124 valence electrons. The summed E-state index contributed by atoms with van der Waals surface area (Å²) in [7, 11) is 0. The third-order valence-corrected chi connectivity index (χ3v) is 4.01. The molecule has 0 atom stereocenters. The van der Waals surface area contributed by atoms with Gasteiger partial charge in [-0.25, -0.2) is 0 Å². The van der Waals surface area contributed by atoms with E-state index in [-0.39, 0.29) is 11.1 Å². The Kier molecular flexibility index (Phi) is 4.37. The van der Waals surface area contributed by atoms with Crippen LogP contribution in [0, 0.1) is 0 Å². The average Bonchev–Trinajstić information content (AvgIpc) is 2.83. The molecule has 1 aliphatic heterocycles. The molecule has 0 aliphatic carbocycles. The molecule has 0 saturated carbocycles. The predicted molar refractivity (Wildman–Crippen MR) is 88.8 cm³/mol. The van der Waals surface area contributed by atoms with Crippen molar-refractivity contribution in [2.24, 2.45) is 0 Å². The normalized spacial score (nSPS) is 15.5. The first-order valence-corrected chi connectivity index (χ1v) is 7.82. The molecule has 2 aromatic carbocycles. The molecule has 6 heteroatoms. The second-order valence-corrected chi connectivity index (χ2v) is 5.79. The van der Waals surface area contributed by atoms with Gasteiger partial charge in [-0.15, -0.1) is 11.6 Å². The van der Waals surface area contributed by atoms with Gasteiger partial charge in [-0.05, 0) is 41.8 Å². The number of rotatable bonds is 3. The fraction of sp³-hybridized carbons (Fsp3) is 0.167. The van der Waals surface area contributed by atoms with Crippen LogP contribution in [0.1, 0.15) is 22.3 Å². The van der Waals surface area contributed by atoms with Crippen LogP contribution in [0.15, 0.2) is 42.5 Å². The first kappa shape index (κ1) is 16.6. The largest absolute Gasteiger partial charge is 0.416 e. The Labute approximate surface area is 141 Å². The Morgan fingerprint density at radius 2 is 1.88 bits per heavy atom. The summed E-state index contributed by atoms with van der Waals surface area (Å²) in [6, 6.07) is 10.6. The molecule has 2 nitrogen and oxygen atoms in total. The van der Waals surface area contributed by atoms with Crippen molar-refractivity contribution in [2.45, 2.75) is 12.6 Å². The van der Waals surface area contributed by atoms with Gasteiger partial charge >= 0.3 is 6.18 Å². The number of alkyl halides is 4. The molecule has 1 N–H and O–H groups in total. The van der Waals surface area contributed by atoms with Crippen molar-refractivity contribution in [3.63, 3.8) is 0 Å². The molecule has 24 heavy (non-hydrogen) atoms. The number of nitrogens with one attached hydrogen (secondary N) is 1. The topological polar surface area (TPSA) is 29.1 Å². The summed E-state index contributed by atoms with van der Waals surface area (Å²) in [6.45, 7) is 0. The Bertz CT molecular complexity index is 827. The van der Waals surface area contributed by atoms with Gasteiger partial charge in [0.2, 0.25) is 0 Å². The number of hydrogen-bond acceptors (Lipinski definition) is 1. The van der Waals surface area contributed by atoms with Crippen LogP contribution in [0.3, 0.4) is 0 Å². The Morgan fingerprint density at radius 3 is 2.58 bits per heavy atom. The van der Waals surface area contributed by atoms with Crippen LogP contribution in [0.2, 0.25) is 0 Å². The molecule has 0 bridgehead atoms.